The molecule has 2 aromatic carbocycles. The number of benzene rings is 2. The predicted octanol–water partition coefficient (Wildman–Crippen LogP) is 4.74. The minimum Gasteiger partial charge on any atom is -0.341 e. The molecular weight excluding hydrogens is 325 g/mol. The molecule has 110 valence electrons. The number of halogens is 2. The van der Waals surface area contributed by atoms with Gasteiger partial charge in [-0.2, -0.15) is 0 Å². The topological polar surface area (TPSA) is 20.3 Å². The zero-order valence-corrected chi connectivity index (χ0v) is 13.9. The minimum atomic E-state index is 0.0555. The van der Waals surface area contributed by atoms with Gasteiger partial charge in [0.15, 0.2) is 0 Å². The summed E-state index contributed by atoms with van der Waals surface area (Å²) in [7, 11) is 1.79. The lowest BCUT2D eigenvalue weighted by Crippen LogP contribution is -2.27. The lowest BCUT2D eigenvalue weighted by molar-refractivity contribution is -0.127. The second-order valence-electron chi connectivity index (χ2n) is 4.60. The van der Waals surface area contributed by atoms with Crippen LogP contribution in [0.5, 0.6) is 0 Å². The fourth-order valence-electron chi connectivity index (χ4n) is 1.81. The average molecular weight is 340 g/mol. The van der Waals surface area contributed by atoms with Crippen LogP contribution in [0.2, 0.25) is 10.0 Å². The number of carbonyl (C=O) groups is 1. The van der Waals surface area contributed by atoms with Crippen molar-refractivity contribution >= 4 is 40.9 Å². The van der Waals surface area contributed by atoms with Gasteiger partial charge in [0.1, 0.15) is 0 Å². The zero-order valence-electron chi connectivity index (χ0n) is 11.6. The van der Waals surface area contributed by atoms with Gasteiger partial charge in [0.2, 0.25) is 5.91 Å². The molecule has 0 bridgehead atoms. The van der Waals surface area contributed by atoms with Crippen LogP contribution in [-0.4, -0.2) is 23.6 Å². The summed E-state index contributed by atoms with van der Waals surface area (Å²) in [6, 6.07) is 15.0. The fraction of sp³-hybridized carbons (Fsp3) is 0.188. The van der Waals surface area contributed by atoms with Crippen molar-refractivity contribution in [3.63, 3.8) is 0 Å². The van der Waals surface area contributed by atoms with Crippen LogP contribution in [0.4, 0.5) is 0 Å². The second-order valence-corrected chi connectivity index (χ2v) is 6.46. The van der Waals surface area contributed by atoms with Gasteiger partial charge in [0.05, 0.1) is 10.8 Å². The van der Waals surface area contributed by atoms with E-state index >= 15 is 0 Å². The normalized spacial score (nSPS) is 10.4. The van der Waals surface area contributed by atoms with E-state index in [1.165, 1.54) is 11.8 Å². The molecule has 0 heterocycles. The highest BCUT2D eigenvalue weighted by molar-refractivity contribution is 8.00. The van der Waals surface area contributed by atoms with Crippen molar-refractivity contribution in [1.29, 1.82) is 0 Å². The number of nitrogens with zero attached hydrogens (tertiary/aromatic N) is 1. The summed E-state index contributed by atoms with van der Waals surface area (Å²) in [6.45, 7) is 0.544. The van der Waals surface area contributed by atoms with Gasteiger partial charge in [-0.1, -0.05) is 47.5 Å². The first kappa shape index (κ1) is 16.2. The van der Waals surface area contributed by atoms with Gasteiger partial charge in [-0.05, 0) is 29.8 Å². The molecule has 0 atom stereocenters. The van der Waals surface area contributed by atoms with Gasteiger partial charge in [0, 0.05) is 23.5 Å². The van der Waals surface area contributed by atoms with E-state index in [1.807, 2.05) is 48.5 Å². The summed E-state index contributed by atoms with van der Waals surface area (Å²) in [5, 5.41) is 1.35. The lowest BCUT2D eigenvalue weighted by atomic mass is 10.2. The molecule has 21 heavy (non-hydrogen) atoms. The molecule has 2 rings (SSSR count). The smallest absolute Gasteiger partial charge is 0.232 e. The largest absolute Gasteiger partial charge is 0.341 e. The Morgan fingerprint density at radius 1 is 1.14 bits per heavy atom. The van der Waals surface area contributed by atoms with Gasteiger partial charge < -0.3 is 4.90 Å². The number of thioether (sulfide) groups is 1. The molecule has 2 nitrogen and oxygen atoms in total. The van der Waals surface area contributed by atoms with E-state index in [-0.39, 0.29) is 5.91 Å². The third-order valence-electron chi connectivity index (χ3n) is 2.92. The average Bonchev–Trinajstić information content (AvgIpc) is 2.46. The lowest BCUT2D eigenvalue weighted by Gasteiger charge is -2.17. The zero-order chi connectivity index (χ0) is 15.2. The predicted molar refractivity (Wildman–Crippen MR) is 90.1 cm³/mol. The van der Waals surface area contributed by atoms with Crippen LogP contribution in [0.15, 0.2) is 53.4 Å². The number of rotatable bonds is 5. The van der Waals surface area contributed by atoms with Crippen LogP contribution in [0.25, 0.3) is 0 Å². The summed E-state index contributed by atoms with van der Waals surface area (Å²) >= 11 is 13.5. The van der Waals surface area contributed by atoms with E-state index in [4.69, 9.17) is 23.2 Å². The maximum atomic E-state index is 12.1. The van der Waals surface area contributed by atoms with Crippen LogP contribution < -0.4 is 0 Å². The quantitative estimate of drug-likeness (QED) is 0.733. The summed E-state index contributed by atoms with van der Waals surface area (Å²) in [6.07, 6.45) is 0. The maximum absolute atomic E-state index is 12.1. The van der Waals surface area contributed by atoms with E-state index in [9.17, 15) is 4.79 Å². The maximum Gasteiger partial charge on any atom is 0.232 e. The summed E-state index contributed by atoms with van der Waals surface area (Å²) in [5.74, 6) is 0.417. The van der Waals surface area contributed by atoms with Gasteiger partial charge in [-0.3, -0.25) is 4.79 Å². The van der Waals surface area contributed by atoms with Crippen molar-refractivity contribution in [1.82, 2.24) is 4.90 Å². The SMILES string of the molecule is CN(Cc1cccc(Cl)c1)C(=O)CSc1ccccc1Cl. The summed E-state index contributed by atoms with van der Waals surface area (Å²) in [4.78, 5) is 14.8. The van der Waals surface area contributed by atoms with Crippen molar-refractivity contribution in [3.8, 4) is 0 Å². The molecule has 2 aromatic rings. The highest BCUT2D eigenvalue weighted by atomic mass is 35.5. The van der Waals surface area contributed by atoms with Crippen LogP contribution in [0, 0.1) is 0 Å². The Balaban J connectivity index is 1.90. The van der Waals surface area contributed by atoms with E-state index in [0.29, 0.717) is 22.3 Å². The Labute approximate surface area is 139 Å². The molecule has 0 N–H and O–H groups in total. The van der Waals surface area contributed by atoms with Gasteiger partial charge in [0.25, 0.3) is 0 Å². The number of carbonyl (C=O) groups excluding carboxylic acids is 1. The Morgan fingerprint density at radius 2 is 1.90 bits per heavy atom. The molecule has 0 unspecified atom stereocenters. The first-order valence-electron chi connectivity index (χ1n) is 6.42. The highest BCUT2D eigenvalue weighted by Gasteiger charge is 2.11. The Morgan fingerprint density at radius 3 is 2.62 bits per heavy atom. The van der Waals surface area contributed by atoms with Gasteiger partial charge in [-0.25, -0.2) is 0 Å². The standard InChI is InChI=1S/C16H15Cl2NOS/c1-19(10-12-5-4-6-13(17)9-12)16(20)11-21-15-8-3-2-7-14(15)18/h2-9H,10-11H2,1H3. The van der Waals surface area contributed by atoms with Crippen LogP contribution in [-0.2, 0) is 11.3 Å². The molecule has 1 amide bonds. The molecule has 0 spiro atoms. The van der Waals surface area contributed by atoms with Crippen molar-refractivity contribution in [3.05, 3.63) is 64.1 Å². The van der Waals surface area contributed by atoms with Crippen molar-refractivity contribution in [2.45, 2.75) is 11.4 Å². The van der Waals surface area contributed by atoms with Crippen LogP contribution >= 0.6 is 35.0 Å². The molecule has 0 aromatic heterocycles. The molecule has 0 aliphatic rings. The molecule has 0 fully saturated rings. The minimum absolute atomic E-state index is 0.0555. The number of hydrogen-bond acceptors (Lipinski definition) is 2. The van der Waals surface area contributed by atoms with E-state index in [1.54, 1.807) is 11.9 Å². The Kier molecular flexibility index (Phi) is 5.97. The van der Waals surface area contributed by atoms with Crippen molar-refractivity contribution in [2.24, 2.45) is 0 Å². The van der Waals surface area contributed by atoms with E-state index < -0.39 is 0 Å². The highest BCUT2D eigenvalue weighted by Crippen LogP contribution is 2.26. The van der Waals surface area contributed by atoms with Crippen molar-refractivity contribution < 1.29 is 4.79 Å². The monoisotopic (exact) mass is 339 g/mol. The molecular formula is C16H15Cl2NOS. The third-order valence-corrected chi connectivity index (χ3v) is 4.66. The Bertz CT molecular complexity index is 633. The molecule has 0 aliphatic carbocycles. The Hall–Kier alpha value is -1.16. The third kappa shape index (κ3) is 4.95. The van der Waals surface area contributed by atoms with Gasteiger partial charge >= 0.3 is 0 Å². The first-order valence-corrected chi connectivity index (χ1v) is 8.16. The summed E-state index contributed by atoms with van der Waals surface area (Å²) < 4.78 is 0. The second kappa shape index (κ2) is 7.74. The summed E-state index contributed by atoms with van der Waals surface area (Å²) in [5.41, 5.74) is 1.01. The molecule has 5 heteroatoms. The number of amides is 1. The molecule has 0 radical (unpaired) electrons. The first-order chi connectivity index (χ1) is 10.1. The van der Waals surface area contributed by atoms with Crippen molar-refractivity contribution in [2.75, 3.05) is 12.8 Å². The fourth-order valence-corrected chi connectivity index (χ4v) is 3.20. The van der Waals surface area contributed by atoms with Gasteiger partial charge in [-0.15, -0.1) is 11.8 Å². The van der Waals surface area contributed by atoms with Crippen LogP contribution in [0.1, 0.15) is 5.56 Å². The molecule has 0 saturated heterocycles. The molecule has 0 saturated carbocycles. The van der Waals surface area contributed by atoms with Crippen LogP contribution in [0.3, 0.4) is 0 Å². The number of hydrogen-bond donors (Lipinski definition) is 0. The molecule has 0 aliphatic heterocycles. The van der Waals surface area contributed by atoms with E-state index in [0.717, 1.165) is 10.5 Å². The van der Waals surface area contributed by atoms with E-state index in [2.05, 4.69) is 0 Å².